The van der Waals surface area contributed by atoms with Gasteiger partial charge < -0.3 is 9.47 Å². The van der Waals surface area contributed by atoms with Gasteiger partial charge in [0.15, 0.2) is 11.5 Å². The van der Waals surface area contributed by atoms with Crippen molar-refractivity contribution in [1.82, 2.24) is 15.6 Å². The molecule has 0 atom stereocenters. The number of anilines is 1. The van der Waals surface area contributed by atoms with Crippen LogP contribution in [0.15, 0.2) is 52.0 Å². The van der Waals surface area contributed by atoms with Gasteiger partial charge in [-0.05, 0) is 40.2 Å². The maximum atomic E-state index is 12.1. The normalized spacial score (nSPS) is 12.2. The number of nitrogens with zero attached hydrogens (tertiary/aromatic N) is 3. The van der Waals surface area contributed by atoms with Crippen LogP contribution in [0.5, 0.6) is 11.5 Å². The zero-order valence-corrected chi connectivity index (χ0v) is 17.7. The molecular formula is C19H14BrN5O4S. The van der Waals surface area contributed by atoms with Crippen LogP contribution in [-0.2, 0) is 11.2 Å². The molecule has 1 aromatic heterocycles. The predicted molar refractivity (Wildman–Crippen MR) is 114 cm³/mol. The number of amides is 2. The number of rotatable bonds is 6. The molecule has 4 rings (SSSR count). The lowest BCUT2D eigenvalue weighted by atomic mass is 10.2. The van der Waals surface area contributed by atoms with Gasteiger partial charge in [0, 0.05) is 15.6 Å². The minimum Gasteiger partial charge on any atom is -0.454 e. The van der Waals surface area contributed by atoms with Crippen molar-refractivity contribution in [2.45, 2.75) is 6.42 Å². The third-order valence-corrected chi connectivity index (χ3v) is 5.45. The summed E-state index contributed by atoms with van der Waals surface area (Å²) in [6.45, 7) is 0.175. The summed E-state index contributed by atoms with van der Waals surface area (Å²) in [6, 6.07) is 12.3. The molecule has 0 fully saturated rings. The van der Waals surface area contributed by atoms with Crippen LogP contribution in [0.1, 0.15) is 20.9 Å². The number of carbonyl (C=O) groups excluding carboxylic acids is 2. The molecule has 2 N–H and O–H groups in total. The highest BCUT2D eigenvalue weighted by molar-refractivity contribution is 9.10. The number of hydrogen-bond acceptors (Lipinski definition) is 8. The lowest BCUT2D eigenvalue weighted by Crippen LogP contribution is -2.19. The molecule has 152 valence electrons. The molecule has 9 nitrogen and oxygen atoms in total. The Morgan fingerprint density at radius 2 is 1.93 bits per heavy atom. The standard InChI is InChI=1S/C19H14BrN5O4S/c20-13-7-15-14(28-10-29-15)6-12(13)9-21-23-16(26)8-17-24-25-19(30-17)22-18(27)11-4-2-1-3-5-11/h1-7,9H,8,10H2,(H,23,26)(H,22,25,27)/b21-9+. The molecule has 1 aliphatic heterocycles. The van der Waals surface area contributed by atoms with E-state index in [4.69, 9.17) is 9.47 Å². The minimum absolute atomic E-state index is 0.0154. The van der Waals surface area contributed by atoms with Crippen LogP contribution < -0.4 is 20.2 Å². The number of carbonyl (C=O) groups is 2. The molecule has 2 aromatic carbocycles. The van der Waals surface area contributed by atoms with Crippen LogP contribution in [0.3, 0.4) is 0 Å². The molecule has 0 aliphatic carbocycles. The van der Waals surface area contributed by atoms with Crippen molar-refractivity contribution in [1.29, 1.82) is 0 Å². The molecule has 0 bridgehead atoms. The Morgan fingerprint density at radius 1 is 1.17 bits per heavy atom. The van der Waals surface area contributed by atoms with Crippen molar-refractivity contribution >= 4 is 50.4 Å². The van der Waals surface area contributed by atoms with E-state index in [0.29, 0.717) is 27.2 Å². The monoisotopic (exact) mass is 487 g/mol. The molecule has 0 spiro atoms. The SMILES string of the molecule is O=C(Cc1nnc(NC(=O)c2ccccc2)s1)N/N=C/c1cc2c(cc1Br)OCO2. The van der Waals surface area contributed by atoms with Crippen LogP contribution >= 0.6 is 27.3 Å². The van der Waals surface area contributed by atoms with E-state index in [1.807, 2.05) is 6.07 Å². The smallest absolute Gasteiger partial charge is 0.257 e. The zero-order chi connectivity index (χ0) is 20.9. The first-order valence-electron chi connectivity index (χ1n) is 8.68. The summed E-state index contributed by atoms with van der Waals surface area (Å²) in [7, 11) is 0. The molecule has 30 heavy (non-hydrogen) atoms. The van der Waals surface area contributed by atoms with Gasteiger partial charge in [-0.3, -0.25) is 14.9 Å². The van der Waals surface area contributed by atoms with Gasteiger partial charge in [-0.15, -0.1) is 10.2 Å². The van der Waals surface area contributed by atoms with E-state index >= 15 is 0 Å². The fraction of sp³-hybridized carbons (Fsp3) is 0.105. The number of nitrogens with one attached hydrogen (secondary N) is 2. The number of hydrogen-bond donors (Lipinski definition) is 2. The Hall–Kier alpha value is -3.31. The fourth-order valence-corrected chi connectivity index (χ4v) is 3.68. The number of halogens is 1. The van der Waals surface area contributed by atoms with Gasteiger partial charge in [0.1, 0.15) is 5.01 Å². The first-order valence-corrected chi connectivity index (χ1v) is 10.3. The van der Waals surface area contributed by atoms with Crippen molar-refractivity contribution in [3.8, 4) is 11.5 Å². The average molecular weight is 488 g/mol. The van der Waals surface area contributed by atoms with Crippen molar-refractivity contribution in [2.24, 2.45) is 5.10 Å². The second-order valence-corrected chi connectivity index (χ2v) is 7.93. The van der Waals surface area contributed by atoms with E-state index < -0.39 is 0 Å². The second kappa shape index (κ2) is 9.01. The van der Waals surface area contributed by atoms with E-state index in [1.165, 1.54) is 6.21 Å². The maximum Gasteiger partial charge on any atom is 0.257 e. The van der Waals surface area contributed by atoms with Gasteiger partial charge in [0.25, 0.3) is 5.91 Å². The van der Waals surface area contributed by atoms with Crippen LogP contribution in [0.25, 0.3) is 0 Å². The molecule has 2 amide bonds. The van der Waals surface area contributed by atoms with Gasteiger partial charge in [-0.25, -0.2) is 5.43 Å². The summed E-state index contributed by atoms with van der Waals surface area (Å²) >= 11 is 4.54. The number of aromatic nitrogens is 2. The van der Waals surface area contributed by atoms with Gasteiger partial charge in [0.05, 0.1) is 12.6 Å². The number of ether oxygens (including phenoxy) is 2. The van der Waals surface area contributed by atoms with Gasteiger partial charge >= 0.3 is 0 Å². The lowest BCUT2D eigenvalue weighted by Gasteiger charge is -2.01. The molecule has 11 heteroatoms. The van der Waals surface area contributed by atoms with E-state index in [-0.39, 0.29) is 25.0 Å². The summed E-state index contributed by atoms with van der Waals surface area (Å²) < 4.78 is 11.4. The van der Waals surface area contributed by atoms with E-state index in [2.05, 4.69) is 42.0 Å². The summed E-state index contributed by atoms with van der Waals surface area (Å²) in [6.07, 6.45) is 1.48. The van der Waals surface area contributed by atoms with Crippen molar-refractivity contribution in [3.05, 3.63) is 63.1 Å². The number of hydrazone groups is 1. The Balaban J connectivity index is 1.31. The molecule has 3 aromatic rings. The molecule has 0 radical (unpaired) electrons. The topological polar surface area (TPSA) is 115 Å². The first kappa shape index (κ1) is 20.0. The summed E-state index contributed by atoms with van der Waals surface area (Å²) in [5.41, 5.74) is 3.67. The van der Waals surface area contributed by atoms with Crippen molar-refractivity contribution in [2.75, 3.05) is 12.1 Å². The third-order valence-electron chi connectivity index (χ3n) is 3.92. The predicted octanol–water partition coefficient (Wildman–Crippen LogP) is 2.97. The molecule has 0 unspecified atom stereocenters. The lowest BCUT2D eigenvalue weighted by molar-refractivity contribution is -0.120. The van der Waals surface area contributed by atoms with Crippen molar-refractivity contribution in [3.63, 3.8) is 0 Å². The highest BCUT2D eigenvalue weighted by Crippen LogP contribution is 2.36. The third kappa shape index (κ3) is 4.81. The van der Waals surface area contributed by atoms with Crippen LogP contribution in [0.4, 0.5) is 5.13 Å². The zero-order valence-electron chi connectivity index (χ0n) is 15.3. The summed E-state index contributed by atoms with van der Waals surface area (Å²) in [5, 5.41) is 15.2. The molecule has 0 saturated carbocycles. The maximum absolute atomic E-state index is 12.1. The Labute approximate surface area is 183 Å². The van der Waals surface area contributed by atoms with Crippen LogP contribution in [0, 0.1) is 0 Å². The van der Waals surface area contributed by atoms with E-state index in [0.717, 1.165) is 21.4 Å². The van der Waals surface area contributed by atoms with Crippen molar-refractivity contribution < 1.29 is 19.1 Å². The molecule has 1 aliphatic rings. The molecular weight excluding hydrogens is 474 g/mol. The second-order valence-electron chi connectivity index (χ2n) is 6.02. The van der Waals surface area contributed by atoms with E-state index in [1.54, 1.807) is 36.4 Å². The van der Waals surface area contributed by atoms with Crippen LogP contribution in [-0.4, -0.2) is 35.0 Å². The molecule has 2 heterocycles. The minimum atomic E-state index is -0.361. The van der Waals surface area contributed by atoms with E-state index in [9.17, 15) is 9.59 Å². The van der Waals surface area contributed by atoms with Gasteiger partial charge in [-0.1, -0.05) is 29.5 Å². The largest absolute Gasteiger partial charge is 0.454 e. The highest BCUT2D eigenvalue weighted by Gasteiger charge is 2.16. The van der Waals surface area contributed by atoms with Crippen LogP contribution in [0.2, 0.25) is 0 Å². The summed E-state index contributed by atoms with van der Waals surface area (Å²) in [4.78, 5) is 24.2. The highest BCUT2D eigenvalue weighted by atomic mass is 79.9. The van der Waals surface area contributed by atoms with Gasteiger partial charge in [0.2, 0.25) is 17.8 Å². The average Bonchev–Trinajstić information content (AvgIpc) is 3.37. The quantitative estimate of drug-likeness (QED) is 0.407. The number of fused-ring (bicyclic) bond motifs is 1. The Morgan fingerprint density at radius 3 is 2.73 bits per heavy atom. The van der Waals surface area contributed by atoms with Gasteiger partial charge in [-0.2, -0.15) is 5.10 Å². The molecule has 0 saturated heterocycles. The first-order chi connectivity index (χ1) is 14.6. The Bertz CT molecular complexity index is 1120. The number of benzene rings is 2. The fourth-order valence-electron chi connectivity index (χ4n) is 2.52. The summed E-state index contributed by atoms with van der Waals surface area (Å²) in [5.74, 6) is 0.612. The Kier molecular flexibility index (Phi) is 6.00.